The molecule has 7 nitrogen and oxygen atoms in total. The molecule has 0 atom stereocenters. The first-order chi connectivity index (χ1) is 13.5. The Bertz CT molecular complexity index is 1180. The van der Waals surface area contributed by atoms with Gasteiger partial charge in [0, 0.05) is 28.5 Å². The number of ketones is 1. The zero-order valence-electron chi connectivity index (χ0n) is 15.2. The predicted octanol–water partition coefficient (Wildman–Crippen LogP) is 3.53. The van der Waals surface area contributed by atoms with Crippen LogP contribution in [0.4, 0.5) is 0 Å². The zero-order chi connectivity index (χ0) is 19.7. The minimum atomic E-state index is -0.680. The van der Waals surface area contributed by atoms with Gasteiger partial charge in [-0.05, 0) is 32.0 Å². The highest BCUT2D eigenvalue weighted by Crippen LogP contribution is 2.22. The molecule has 8 heteroatoms. The monoisotopic (exact) mass is 392 g/mol. The predicted molar refractivity (Wildman–Crippen MR) is 105 cm³/mol. The van der Waals surface area contributed by atoms with E-state index in [1.54, 1.807) is 24.4 Å². The number of fused-ring (bicyclic) bond motifs is 1. The molecule has 3 aromatic heterocycles. The lowest BCUT2D eigenvalue weighted by Gasteiger charge is -2.06. The van der Waals surface area contributed by atoms with Crippen LogP contribution in [0, 0.1) is 13.8 Å². The molecular formula is C20H16N4O3S. The second kappa shape index (κ2) is 7.32. The first-order valence-corrected chi connectivity index (χ1v) is 9.43. The van der Waals surface area contributed by atoms with E-state index >= 15 is 0 Å². The molecule has 0 saturated heterocycles. The molecule has 0 aliphatic rings. The molecule has 28 heavy (non-hydrogen) atoms. The van der Waals surface area contributed by atoms with Crippen LogP contribution < -0.4 is 0 Å². The molecule has 0 radical (unpaired) electrons. The van der Waals surface area contributed by atoms with Crippen molar-refractivity contribution in [3.8, 4) is 5.13 Å². The van der Waals surface area contributed by atoms with Gasteiger partial charge in [-0.3, -0.25) is 14.3 Å². The number of hydrogen-bond donors (Lipinski definition) is 0. The lowest BCUT2D eigenvalue weighted by molar-refractivity contribution is 0.0468. The van der Waals surface area contributed by atoms with Gasteiger partial charge in [0.2, 0.25) is 5.78 Å². The standard InChI is InChI=1S/C20H16N4O3S/c1-12-9-14(13(2)24(12)20-21-7-8-28-20)18(25)11-27-19(26)17-10-22-15-5-3-4-6-16(15)23-17/h3-10H,11H2,1-2H3. The maximum atomic E-state index is 12.6. The lowest BCUT2D eigenvalue weighted by Crippen LogP contribution is -2.16. The Kier molecular flexibility index (Phi) is 4.70. The van der Waals surface area contributed by atoms with Crippen molar-refractivity contribution in [2.45, 2.75) is 13.8 Å². The minimum Gasteiger partial charge on any atom is -0.453 e. The van der Waals surface area contributed by atoms with Crippen LogP contribution in [0.25, 0.3) is 16.2 Å². The molecule has 0 amide bonds. The Morgan fingerprint density at radius 2 is 1.93 bits per heavy atom. The summed E-state index contributed by atoms with van der Waals surface area (Å²) in [6, 6.07) is 9.00. The summed E-state index contributed by atoms with van der Waals surface area (Å²) >= 11 is 1.49. The van der Waals surface area contributed by atoms with E-state index in [0.29, 0.717) is 16.6 Å². The average Bonchev–Trinajstić information content (AvgIpc) is 3.33. The molecule has 4 rings (SSSR count). The van der Waals surface area contributed by atoms with Crippen LogP contribution in [-0.2, 0) is 4.74 Å². The number of thiazole rings is 1. The van der Waals surface area contributed by atoms with Crippen molar-refractivity contribution in [1.82, 2.24) is 19.5 Å². The number of Topliss-reactive ketones (excluding diaryl/α,β-unsaturated/α-hetero) is 1. The topological polar surface area (TPSA) is 87.0 Å². The van der Waals surface area contributed by atoms with E-state index in [1.165, 1.54) is 17.5 Å². The number of benzene rings is 1. The molecule has 0 fully saturated rings. The Labute approximate surface area is 164 Å². The summed E-state index contributed by atoms with van der Waals surface area (Å²) in [5, 5.41) is 2.67. The van der Waals surface area contributed by atoms with Crippen LogP contribution in [0.15, 0.2) is 48.1 Å². The fourth-order valence-corrected chi connectivity index (χ4v) is 3.76. The summed E-state index contributed by atoms with van der Waals surface area (Å²) in [6.07, 6.45) is 3.07. The molecule has 0 saturated carbocycles. The Balaban J connectivity index is 1.49. The van der Waals surface area contributed by atoms with E-state index in [-0.39, 0.29) is 18.1 Å². The number of rotatable bonds is 5. The van der Waals surface area contributed by atoms with E-state index < -0.39 is 5.97 Å². The Morgan fingerprint density at radius 3 is 2.68 bits per heavy atom. The summed E-state index contributed by atoms with van der Waals surface area (Å²) in [7, 11) is 0. The number of nitrogens with zero attached hydrogens (tertiary/aromatic N) is 4. The highest BCUT2D eigenvalue weighted by Gasteiger charge is 2.20. The number of hydrogen-bond acceptors (Lipinski definition) is 7. The quantitative estimate of drug-likeness (QED) is 0.381. The average molecular weight is 392 g/mol. The van der Waals surface area contributed by atoms with Crippen molar-refractivity contribution < 1.29 is 14.3 Å². The molecule has 0 aliphatic heterocycles. The number of para-hydroxylation sites is 2. The van der Waals surface area contributed by atoms with Crippen molar-refractivity contribution in [3.63, 3.8) is 0 Å². The van der Waals surface area contributed by atoms with E-state index in [2.05, 4.69) is 15.0 Å². The van der Waals surface area contributed by atoms with Gasteiger partial charge in [0.15, 0.2) is 17.4 Å². The van der Waals surface area contributed by atoms with Crippen molar-refractivity contribution in [1.29, 1.82) is 0 Å². The minimum absolute atomic E-state index is 0.0692. The highest BCUT2D eigenvalue weighted by molar-refractivity contribution is 7.12. The largest absolute Gasteiger partial charge is 0.453 e. The molecule has 0 N–H and O–H groups in total. The van der Waals surface area contributed by atoms with Crippen LogP contribution >= 0.6 is 11.3 Å². The third kappa shape index (κ3) is 3.29. The van der Waals surface area contributed by atoms with Gasteiger partial charge in [0.1, 0.15) is 0 Å². The van der Waals surface area contributed by atoms with Crippen molar-refractivity contribution >= 4 is 34.1 Å². The van der Waals surface area contributed by atoms with Crippen LogP contribution in [-0.4, -0.2) is 37.9 Å². The third-order valence-corrected chi connectivity index (χ3v) is 5.09. The van der Waals surface area contributed by atoms with Gasteiger partial charge < -0.3 is 4.74 Å². The summed E-state index contributed by atoms with van der Waals surface area (Å²) in [6.45, 7) is 3.38. The van der Waals surface area contributed by atoms with Crippen molar-refractivity contribution in [2.24, 2.45) is 0 Å². The van der Waals surface area contributed by atoms with Crippen LogP contribution in [0.2, 0.25) is 0 Å². The molecule has 0 aliphatic carbocycles. The fraction of sp³-hybridized carbons (Fsp3) is 0.150. The SMILES string of the molecule is Cc1cc(C(=O)COC(=O)c2cnc3ccccc3n2)c(C)n1-c1nccs1. The van der Waals surface area contributed by atoms with Crippen molar-refractivity contribution in [3.05, 3.63) is 70.8 Å². The zero-order valence-corrected chi connectivity index (χ0v) is 16.1. The van der Waals surface area contributed by atoms with Gasteiger partial charge in [0.25, 0.3) is 0 Å². The number of aromatic nitrogens is 4. The van der Waals surface area contributed by atoms with Gasteiger partial charge in [-0.1, -0.05) is 12.1 Å². The fourth-order valence-electron chi connectivity index (χ4n) is 3.00. The van der Waals surface area contributed by atoms with Gasteiger partial charge in [-0.25, -0.2) is 14.8 Å². The number of ether oxygens (including phenoxy) is 1. The molecule has 3 heterocycles. The smallest absolute Gasteiger partial charge is 0.359 e. The third-order valence-electron chi connectivity index (χ3n) is 4.33. The van der Waals surface area contributed by atoms with E-state index in [9.17, 15) is 9.59 Å². The van der Waals surface area contributed by atoms with Gasteiger partial charge in [-0.2, -0.15) is 0 Å². The Morgan fingerprint density at radius 1 is 1.14 bits per heavy atom. The van der Waals surface area contributed by atoms with Gasteiger partial charge in [-0.15, -0.1) is 11.3 Å². The molecular weight excluding hydrogens is 376 g/mol. The number of carbonyl (C=O) groups is 2. The highest BCUT2D eigenvalue weighted by atomic mass is 32.1. The van der Waals surface area contributed by atoms with E-state index in [4.69, 9.17) is 4.74 Å². The van der Waals surface area contributed by atoms with E-state index in [1.807, 2.05) is 35.9 Å². The normalized spacial score (nSPS) is 10.9. The number of aryl methyl sites for hydroxylation is 1. The molecule has 0 bridgehead atoms. The number of carbonyl (C=O) groups excluding carboxylic acids is 2. The van der Waals surface area contributed by atoms with Gasteiger partial charge >= 0.3 is 5.97 Å². The maximum Gasteiger partial charge on any atom is 0.359 e. The molecule has 140 valence electrons. The Hall–Kier alpha value is -3.39. The molecule has 0 unspecified atom stereocenters. The first-order valence-electron chi connectivity index (χ1n) is 8.55. The summed E-state index contributed by atoms with van der Waals surface area (Å²) in [5.74, 6) is -0.960. The van der Waals surface area contributed by atoms with Crippen LogP contribution in [0.5, 0.6) is 0 Å². The second-order valence-electron chi connectivity index (χ2n) is 6.18. The van der Waals surface area contributed by atoms with Crippen molar-refractivity contribution in [2.75, 3.05) is 6.61 Å². The molecule has 1 aromatic carbocycles. The lowest BCUT2D eigenvalue weighted by atomic mass is 10.1. The molecule has 0 spiro atoms. The summed E-state index contributed by atoms with van der Waals surface area (Å²) < 4.78 is 7.09. The van der Waals surface area contributed by atoms with Crippen LogP contribution in [0.1, 0.15) is 32.2 Å². The summed E-state index contributed by atoms with van der Waals surface area (Å²) in [4.78, 5) is 37.6. The first kappa shape index (κ1) is 18.0. The van der Waals surface area contributed by atoms with Gasteiger partial charge in [0.05, 0.1) is 17.2 Å². The second-order valence-corrected chi connectivity index (χ2v) is 7.05. The maximum absolute atomic E-state index is 12.6. The molecule has 4 aromatic rings. The number of esters is 1. The summed E-state index contributed by atoms with van der Waals surface area (Å²) in [5.41, 5.74) is 3.51. The van der Waals surface area contributed by atoms with E-state index in [0.717, 1.165) is 16.5 Å². The van der Waals surface area contributed by atoms with Crippen LogP contribution in [0.3, 0.4) is 0 Å².